The van der Waals surface area contributed by atoms with Gasteiger partial charge in [0.15, 0.2) is 5.13 Å². The summed E-state index contributed by atoms with van der Waals surface area (Å²) in [5, 5.41) is 3.47. The molecule has 2 aliphatic heterocycles. The minimum atomic E-state index is -0.163. The molecule has 0 atom stereocenters. The molecule has 1 N–H and O–H groups in total. The number of anilines is 1. The monoisotopic (exact) mass is 326 g/mol. The Hall–Kier alpha value is -1.12. The van der Waals surface area contributed by atoms with Gasteiger partial charge in [-0.1, -0.05) is 18.7 Å². The number of nitrogens with zero attached hydrogens (tertiary/aromatic N) is 3. The van der Waals surface area contributed by atoms with E-state index in [2.05, 4.69) is 22.1 Å². The lowest BCUT2D eigenvalue weighted by Crippen LogP contribution is -2.33. The van der Waals surface area contributed by atoms with E-state index in [1.807, 2.05) is 0 Å². The summed E-state index contributed by atoms with van der Waals surface area (Å²) in [6, 6.07) is 0. The number of fused-ring (bicyclic) bond motifs is 1. The molecule has 1 aromatic rings. The van der Waals surface area contributed by atoms with Crippen LogP contribution in [-0.2, 0) is 17.8 Å². The zero-order valence-corrected chi connectivity index (χ0v) is 13.6. The lowest BCUT2D eigenvalue weighted by atomic mass is 10.2. The highest BCUT2D eigenvalue weighted by atomic mass is 32.2. The minimum Gasteiger partial charge on any atom is -0.323 e. The minimum absolute atomic E-state index is 0.0119. The van der Waals surface area contributed by atoms with Crippen molar-refractivity contribution < 1.29 is 9.59 Å². The van der Waals surface area contributed by atoms with Crippen molar-refractivity contribution in [2.24, 2.45) is 0 Å². The van der Waals surface area contributed by atoms with Crippen molar-refractivity contribution in [2.75, 3.05) is 37.2 Å². The highest BCUT2D eigenvalue weighted by Gasteiger charge is 2.24. The van der Waals surface area contributed by atoms with Crippen molar-refractivity contribution in [2.45, 2.75) is 19.9 Å². The Labute approximate surface area is 131 Å². The van der Waals surface area contributed by atoms with Gasteiger partial charge in [0.2, 0.25) is 5.91 Å². The summed E-state index contributed by atoms with van der Waals surface area (Å²) in [5.41, 5.74) is 1.10. The average Bonchev–Trinajstić information content (AvgIpc) is 3.04. The number of hydrogen-bond acceptors (Lipinski definition) is 6. The Morgan fingerprint density at radius 3 is 3.00 bits per heavy atom. The van der Waals surface area contributed by atoms with Gasteiger partial charge in [-0.05, 0) is 6.54 Å². The van der Waals surface area contributed by atoms with Crippen LogP contribution < -0.4 is 5.32 Å². The predicted molar refractivity (Wildman–Crippen MR) is 84.8 cm³/mol. The summed E-state index contributed by atoms with van der Waals surface area (Å²) < 4.78 is 0. The number of carbonyl (C=O) groups is 2. The Morgan fingerprint density at radius 2 is 2.29 bits per heavy atom. The van der Waals surface area contributed by atoms with E-state index in [1.54, 1.807) is 16.2 Å². The van der Waals surface area contributed by atoms with Gasteiger partial charge >= 0.3 is 0 Å². The van der Waals surface area contributed by atoms with E-state index in [0.29, 0.717) is 11.7 Å². The van der Waals surface area contributed by atoms with Crippen molar-refractivity contribution in [3.8, 4) is 0 Å². The zero-order chi connectivity index (χ0) is 14.8. The fourth-order valence-corrected chi connectivity index (χ4v) is 4.36. The topological polar surface area (TPSA) is 65.5 Å². The molecule has 6 nitrogen and oxygen atoms in total. The molecule has 3 rings (SSSR count). The number of nitrogens with one attached hydrogen (secondary N) is 1. The van der Waals surface area contributed by atoms with E-state index < -0.39 is 0 Å². The third kappa shape index (κ3) is 3.38. The molecule has 3 heterocycles. The Bertz CT molecular complexity index is 560. The van der Waals surface area contributed by atoms with Crippen LogP contribution in [0.1, 0.15) is 17.5 Å². The smallest absolute Gasteiger partial charge is 0.282 e. The van der Waals surface area contributed by atoms with E-state index in [0.717, 1.165) is 37.5 Å². The standard InChI is InChI=1S/C13H18N4O2S2/c1-2-16-4-3-9-10(7-16)21-12(14-9)15-11(18)8-17-5-6-20-13(17)19/h2-8H2,1H3,(H,14,15,18). The quantitative estimate of drug-likeness (QED) is 0.911. The molecule has 2 amide bonds. The maximum Gasteiger partial charge on any atom is 0.282 e. The molecule has 1 saturated heterocycles. The number of carbonyl (C=O) groups excluding carboxylic acids is 2. The SMILES string of the molecule is CCN1CCc2nc(NC(=O)CN3CCSC3=O)sc2C1. The van der Waals surface area contributed by atoms with Crippen LogP contribution in [0, 0.1) is 0 Å². The van der Waals surface area contributed by atoms with Crippen molar-refractivity contribution >= 4 is 39.4 Å². The van der Waals surface area contributed by atoms with E-state index in [1.165, 1.54) is 16.6 Å². The molecular formula is C13H18N4O2S2. The lowest BCUT2D eigenvalue weighted by molar-refractivity contribution is -0.116. The summed E-state index contributed by atoms with van der Waals surface area (Å²) in [4.78, 5) is 33.2. The van der Waals surface area contributed by atoms with Crippen LogP contribution in [0.3, 0.4) is 0 Å². The Kier molecular flexibility index (Phi) is 4.46. The molecule has 21 heavy (non-hydrogen) atoms. The zero-order valence-electron chi connectivity index (χ0n) is 11.9. The van der Waals surface area contributed by atoms with Crippen LogP contribution in [0.25, 0.3) is 0 Å². The van der Waals surface area contributed by atoms with Crippen LogP contribution in [0.2, 0.25) is 0 Å². The number of rotatable bonds is 4. The van der Waals surface area contributed by atoms with Crippen molar-refractivity contribution in [3.63, 3.8) is 0 Å². The molecular weight excluding hydrogens is 308 g/mol. The molecule has 1 fully saturated rings. The summed E-state index contributed by atoms with van der Waals surface area (Å²) in [7, 11) is 0. The second kappa shape index (κ2) is 6.33. The van der Waals surface area contributed by atoms with E-state index in [4.69, 9.17) is 0 Å². The molecule has 0 aliphatic carbocycles. The fraction of sp³-hybridized carbons (Fsp3) is 0.615. The van der Waals surface area contributed by atoms with Gasteiger partial charge in [-0.15, -0.1) is 11.3 Å². The van der Waals surface area contributed by atoms with Crippen molar-refractivity contribution in [3.05, 3.63) is 10.6 Å². The molecule has 1 aromatic heterocycles. The highest BCUT2D eigenvalue weighted by Crippen LogP contribution is 2.28. The largest absolute Gasteiger partial charge is 0.323 e. The lowest BCUT2D eigenvalue weighted by Gasteiger charge is -2.23. The van der Waals surface area contributed by atoms with Gasteiger partial charge in [-0.3, -0.25) is 14.5 Å². The summed E-state index contributed by atoms with van der Waals surface area (Å²) in [6.07, 6.45) is 0.941. The maximum absolute atomic E-state index is 12.0. The van der Waals surface area contributed by atoms with E-state index in [9.17, 15) is 9.59 Å². The van der Waals surface area contributed by atoms with Gasteiger partial charge in [0.05, 0.1) is 5.69 Å². The predicted octanol–water partition coefficient (Wildman–Crippen LogP) is 1.63. The Balaban J connectivity index is 1.59. The molecule has 0 unspecified atom stereocenters. The summed E-state index contributed by atoms with van der Waals surface area (Å²) in [5.74, 6) is 0.606. The first-order valence-corrected chi connectivity index (χ1v) is 8.88. The van der Waals surface area contributed by atoms with Gasteiger partial charge < -0.3 is 10.2 Å². The number of hydrogen-bond donors (Lipinski definition) is 1. The first-order valence-electron chi connectivity index (χ1n) is 7.08. The molecule has 0 aromatic carbocycles. The van der Waals surface area contributed by atoms with Gasteiger partial charge in [0, 0.05) is 36.7 Å². The molecule has 0 radical (unpaired) electrons. The molecule has 0 saturated carbocycles. The second-order valence-electron chi connectivity index (χ2n) is 5.09. The first kappa shape index (κ1) is 14.8. The number of likely N-dealkylation sites (N-methyl/N-ethyl adjacent to an activating group) is 1. The number of thioether (sulfide) groups is 1. The van der Waals surface area contributed by atoms with Crippen LogP contribution in [0.15, 0.2) is 0 Å². The van der Waals surface area contributed by atoms with Gasteiger partial charge in [0.1, 0.15) is 6.54 Å². The number of aromatic nitrogens is 1. The fourth-order valence-electron chi connectivity index (χ4n) is 2.47. The molecule has 2 aliphatic rings. The molecule has 114 valence electrons. The van der Waals surface area contributed by atoms with Gasteiger partial charge in [0.25, 0.3) is 5.24 Å². The third-order valence-electron chi connectivity index (χ3n) is 3.68. The van der Waals surface area contributed by atoms with Crippen LogP contribution >= 0.6 is 23.1 Å². The molecule has 0 bridgehead atoms. The number of thiazole rings is 1. The van der Waals surface area contributed by atoms with Crippen molar-refractivity contribution in [1.82, 2.24) is 14.8 Å². The van der Waals surface area contributed by atoms with Crippen LogP contribution in [0.4, 0.5) is 9.93 Å². The molecule has 8 heteroatoms. The van der Waals surface area contributed by atoms with Crippen LogP contribution in [-0.4, -0.2) is 57.9 Å². The van der Waals surface area contributed by atoms with Crippen molar-refractivity contribution in [1.29, 1.82) is 0 Å². The van der Waals surface area contributed by atoms with Crippen LogP contribution in [0.5, 0.6) is 0 Å². The Morgan fingerprint density at radius 1 is 1.43 bits per heavy atom. The van der Waals surface area contributed by atoms with E-state index >= 15 is 0 Å². The highest BCUT2D eigenvalue weighted by molar-refractivity contribution is 8.13. The summed E-state index contributed by atoms with van der Waals surface area (Å²) >= 11 is 2.82. The second-order valence-corrected chi connectivity index (χ2v) is 7.22. The third-order valence-corrected chi connectivity index (χ3v) is 5.57. The van der Waals surface area contributed by atoms with Gasteiger partial charge in [-0.2, -0.15) is 0 Å². The normalized spacial score (nSPS) is 18.9. The summed E-state index contributed by atoms with van der Waals surface area (Å²) in [6.45, 7) is 5.90. The van der Waals surface area contributed by atoms with E-state index in [-0.39, 0.29) is 17.7 Å². The maximum atomic E-state index is 12.0. The number of amides is 2. The first-order chi connectivity index (χ1) is 10.2. The van der Waals surface area contributed by atoms with Gasteiger partial charge in [-0.25, -0.2) is 4.98 Å². The average molecular weight is 326 g/mol. The molecule has 0 spiro atoms.